The van der Waals surface area contributed by atoms with Crippen LogP contribution < -0.4 is 10.5 Å². The predicted molar refractivity (Wildman–Crippen MR) is 74.2 cm³/mol. The highest BCUT2D eigenvalue weighted by Gasteiger charge is 2.49. The van der Waals surface area contributed by atoms with Crippen molar-refractivity contribution in [2.75, 3.05) is 6.61 Å². The zero-order chi connectivity index (χ0) is 12.8. The highest BCUT2D eigenvalue weighted by atomic mass is 35.5. The van der Waals surface area contributed by atoms with Crippen molar-refractivity contribution in [3.05, 3.63) is 28.8 Å². The van der Waals surface area contributed by atoms with Crippen LogP contribution >= 0.6 is 11.6 Å². The van der Waals surface area contributed by atoms with E-state index in [9.17, 15) is 0 Å². The summed E-state index contributed by atoms with van der Waals surface area (Å²) in [4.78, 5) is 0. The van der Waals surface area contributed by atoms with Gasteiger partial charge in [0.25, 0.3) is 0 Å². The van der Waals surface area contributed by atoms with Gasteiger partial charge in [0.05, 0.1) is 11.6 Å². The van der Waals surface area contributed by atoms with Crippen LogP contribution in [0.1, 0.15) is 38.2 Å². The number of hydrogen-bond donors (Lipinski definition) is 1. The topological polar surface area (TPSA) is 35.2 Å². The molecule has 0 saturated heterocycles. The van der Waals surface area contributed by atoms with Gasteiger partial charge in [-0.2, -0.15) is 0 Å². The van der Waals surface area contributed by atoms with Gasteiger partial charge >= 0.3 is 0 Å². The molecule has 0 aromatic heterocycles. The fourth-order valence-corrected chi connectivity index (χ4v) is 2.87. The molecule has 0 bridgehead atoms. The average molecular weight is 266 g/mol. The first kappa shape index (κ1) is 12.3. The third kappa shape index (κ3) is 2.12. The summed E-state index contributed by atoms with van der Waals surface area (Å²) >= 11 is 6.31. The minimum Gasteiger partial charge on any atom is -0.491 e. The van der Waals surface area contributed by atoms with E-state index in [1.54, 1.807) is 0 Å². The molecule has 0 spiro atoms. The highest BCUT2D eigenvalue weighted by molar-refractivity contribution is 6.32. The summed E-state index contributed by atoms with van der Waals surface area (Å²) in [5.74, 6) is 1.61. The lowest BCUT2D eigenvalue weighted by Gasteiger charge is -2.24. The Hall–Kier alpha value is -0.730. The lowest BCUT2D eigenvalue weighted by Crippen LogP contribution is -2.32. The number of benzene rings is 1. The van der Waals surface area contributed by atoms with Crippen LogP contribution in [0, 0.1) is 5.92 Å². The molecule has 2 fully saturated rings. The van der Waals surface area contributed by atoms with Crippen LogP contribution in [0.15, 0.2) is 18.2 Å². The summed E-state index contributed by atoms with van der Waals surface area (Å²) in [5, 5.41) is 0.722. The molecule has 3 heteroatoms. The van der Waals surface area contributed by atoms with Gasteiger partial charge in [-0.1, -0.05) is 23.7 Å². The fraction of sp³-hybridized carbons (Fsp3) is 0.600. The molecule has 2 aliphatic carbocycles. The first-order valence-corrected chi connectivity index (χ1v) is 7.18. The number of halogens is 1. The Balaban J connectivity index is 1.90. The standard InChI is InChI=1S/C15H20ClNO/c1-10(17)15(7-8-15)12-3-2-4-13(16)14(12)18-9-11-5-6-11/h2-4,10-11H,5-9,17H2,1H3. The van der Waals surface area contributed by atoms with E-state index in [1.165, 1.54) is 18.4 Å². The number of hydrogen-bond acceptors (Lipinski definition) is 2. The van der Waals surface area contributed by atoms with Crippen LogP contribution in [0.2, 0.25) is 5.02 Å². The Morgan fingerprint density at radius 3 is 2.72 bits per heavy atom. The van der Waals surface area contributed by atoms with Crippen LogP contribution in [0.3, 0.4) is 0 Å². The molecule has 1 atom stereocenters. The molecule has 0 aliphatic heterocycles. The molecule has 3 rings (SSSR count). The van der Waals surface area contributed by atoms with Gasteiger partial charge in [-0.05, 0) is 44.6 Å². The minimum absolute atomic E-state index is 0.101. The van der Waals surface area contributed by atoms with Gasteiger partial charge in [0.1, 0.15) is 5.75 Å². The normalized spacial score (nSPS) is 22.6. The van der Waals surface area contributed by atoms with Gasteiger partial charge < -0.3 is 10.5 Å². The Kier molecular flexibility index (Phi) is 3.03. The second-order valence-electron chi connectivity index (χ2n) is 5.82. The van der Waals surface area contributed by atoms with Gasteiger partial charge in [-0.15, -0.1) is 0 Å². The van der Waals surface area contributed by atoms with Crippen molar-refractivity contribution in [2.24, 2.45) is 11.7 Å². The SMILES string of the molecule is CC(N)C1(c2cccc(Cl)c2OCC2CC2)CC1. The van der Waals surface area contributed by atoms with Crippen LogP contribution in [-0.2, 0) is 5.41 Å². The van der Waals surface area contributed by atoms with E-state index in [1.807, 2.05) is 12.1 Å². The molecule has 18 heavy (non-hydrogen) atoms. The van der Waals surface area contributed by atoms with Crippen LogP contribution in [0.25, 0.3) is 0 Å². The first-order valence-electron chi connectivity index (χ1n) is 6.81. The van der Waals surface area contributed by atoms with Crippen molar-refractivity contribution in [3.63, 3.8) is 0 Å². The number of nitrogens with two attached hydrogens (primary N) is 1. The molecule has 2 saturated carbocycles. The maximum Gasteiger partial charge on any atom is 0.141 e. The van der Waals surface area contributed by atoms with Gasteiger partial charge in [-0.3, -0.25) is 0 Å². The number of para-hydroxylation sites is 1. The van der Waals surface area contributed by atoms with Crippen molar-refractivity contribution in [2.45, 2.75) is 44.1 Å². The van der Waals surface area contributed by atoms with Crippen molar-refractivity contribution < 1.29 is 4.74 Å². The fourth-order valence-electron chi connectivity index (χ4n) is 2.64. The lowest BCUT2D eigenvalue weighted by molar-refractivity contribution is 0.293. The van der Waals surface area contributed by atoms with Gasteiger partial charge in [-0.25, -0.2) is 0 Å². The monoisotopic (exact) mass is 265 g/mol. The summed E-state index contributed by atoms with van der Waals surface area (Å²) in [6, 6.07) is 6.19. The van der Waals surface area contributed by atoms with Gasteiger partial charge in [0, 0.05) is 17.0 Å². The molecule has 0 heterocycles. The molecule has 2 nitrogen and oxygen atoms in total. The van der Waals surface area contributed by atoms with Crippen LogP contribution in [0.5, 0.6) is 5.75 Å². The highest BCUT2D eigenvalue weighted by Crippen LogP contribution is 2.54. The Morgan fingerprint density at radius 1 is 1.44 bits per heavy atom. The Labute approximate surface area is 113 Å². The molecule has 0 radical (unpaired) electrons. The molecular formula is C15H20ClNO. The van der Waals surface area contributed by atoms with Gasteiger partial charge in [0.2, 0.25) is 0 Å². The second-order valence-corrected chi connectivity index (χ2v) is 6.22. The molecule has 98 valence electrons. The molecule has 0 amide bonds. The van der Waals surface area contributed by atoms with Crippen LogP contribution in [0.4, 0.5) is 0 Å². The Bertz CT molecular complexity index is 450. The van der Waals surface area contributed by atoms with E-state index in [-0.39, 0.29) is 11.5 Å². The Morgan fingerprint density at radius 2 is 2.17 bits per heavy atom. The zero-order valence-corrected chi connectivity index (χ0v) is 11.5. The van der Waals surface area contributed by atoms with Gasteiger partial charge in [0.15, 0.2) is 0 Å². The third-order valence-electron chi connectivity index (χ3n) is 4.32. The van der Waals surface area contributed by atoms with Crippen molar-refractivity contribution >= 4 is 11.6 Å². The minimum atomic E-state index is 0.101. The van der Waals surface area contributed by atoms with E-state index >= 15 is 0 Å². The van der Waals surface area contributed by atoms with Crippen molar-refractivity contribution in [1.29, 1.82) is 0 Å². The zero-order valence-electron chi connectivity index (χ0n) is 10.8. The first-order chi connectivity index (χ1) is 8.63. The summed E-state index contributed by atoms with van der Waals surface area (Å²) in [5.41, 5.74) is 7.47. The van der Waals surface area contributed by atoms with E-state index in [0.717, 1.165) is 36.1 Å². The lowest BCUT2D eigenvalue weighted by atomic mass is 9.89. The number of ether oxygens (including phenoxy) is 1. The molecule has 1 aromatic carbocycles. The predicted octanol–water partition coefficient (Wildman–Crippen LogP) is 3.51. The van der Waals surface area contributed by atoms with E-state index < -0.39 is 0 Å². The average Bonchev–Trinajstić information content (AvgIpc) is 3.21. The van der Waals surface area contributed by atoms with E-state index in [4.69, 9.17) is 22.1 Å². The maximum absolute atomic E-state index is 6.31. The molecule has 1 aromatic rings. The second kappa shape index (κ2) is 4.43. The van der Waals surface area contributed by atoms with E-state index in [2.05, 4.69) is 13.0 Å². The maximum atomic E-state index is 6.31. The summed E-state index contributed by atoms with van der Waals surface area (Å²) in [7, 11) is 0. The van der Waals surface area contributed by atoms with E-state index in [0.29, 0.717) is 0 Å². The van der Waals surface area contributed by atoms with Crippen molar-refractivity contribution in [3.8, 4) is 5.75 Å². The summed E-state index contributed by atoms with van der Waals surface area (Å²) in [6.45, 7) is 2.88. The smallest absolute Gasteiger partial charge is 0.141 e. The summed E-state index contributed by atoms with van der Waals surface area (Å²) < 4.78 is 5.98. The largest absolute Gasteiger partial charge is 0.491 e. The van der Waals surface area contributed by atoms with Crippen LogP contribution in [-0.4, -0.2) is 12.6 Å². The quantitative estimate of drug-likeness (QED) is 0.884. The molecule has 2 N–H and O–H groups in total. The van der Waals surface area contributed by atoms with Crippen molar-refractivity contribution in [1.82, 2.24) is 0 Å². The molecular weight excluding hydrogens is 246 g/mol. The summed E-state index contributed by atoms with van der Waals surface area (Å²) in [6.07, 6.45) is 4.87. The number of rotatable bonds is 5. The third-order valence-corrected chi connectivity index (χ3v) is 4.62. The molecule has 2 aliphatic rings. The molecule has 1 unspecified atom stereocenters.